The number of methoxy groups -OCH3 is 1. The number of benzene rings is 1. The summed E-state index contributed by atoms with van der Waals surface area (Å²) < 4.78 is 11.2. The lowest BCUT2D eigenvalue weighted by Gasteiger charge is -2.11. The van der Waals surface area contributed by atoms with Crippen LogP contribution in [-0.4, -0.2) is 30.2 Å². The van der Waals surface area contributed by atoms with E-state index in [1.807, 2.05) is 0 Å². The third-order valence-electron chi connectivity index (χ3n) is 2.74. The van der Waals surface area contributed by atoms with E-state index in [0.717, 1.165) is 0 Å². The SMILES string of the molecule is COCC(N)C(=O)Nc1ccc2oc(=O)n(C)c2c1.Cl. The van der Waals surface area contributed by atoms with Crippen LogP contribution in [-0.2, 0) is 16.6 Å². The smallest absolute Gasteiger partial charge is 0.408 e. The molecule has 0 fully saturated rings. The summed E-state index contributed by atoms with van der Waals surface area (Å²) in [6.07, 6.45) is 0. The van der Waals surface area contributed by atoms with Crippen LogP contribution < -0.4 is 16.8 Å². The third kappa shape index (κ3) is 3.19. The molecule has 0 bridgehead atoms. The maximum Gasteiger partial charge on any atom is 0.419 e. The summed E-state index contributed by atoms with van der Waals surface area (Å²) in [5.41, 5.74) is 7.22. The first kappa shape index (κ1) is 16.2. The van der Waals surface area contributed by atoms with Crippen molar-refractivity contribution < 1.29 is 13.9 Å². The number of ether oxygens (including phenoxy) is 1. The Labute approximate surface area is 121 Å². The second-order valence-corrected chi connectivity index (χ2v) is 4.16. The van der Waals surface area contributed by atoms with Crippen LogP contribution in [0.3, 0.4) is 0 Å². The van der Waals surface area contributed by atoms with Crippen LogP contribution in [0.25, 0.3) is 11.1 Å². The zero-order valence-corrected chi connectivity index (χ0v) is 11.9. The summed E-state index contributed by atoms with van der Waals surface area (Å²) in [7, 11) is 3.07. The predicted octanol–water partition coefficient (Wildman–Crippen LogP) is 0.466. The first-order chi connectivity index (χ1) is 9.02. The topological polar surface area (TPSA) is 99.5 Å². The summed E-state index contributed by atoms with van der Waals surface area (Å²) in [5, 5.41) is 2.65. The molecule has 1 unspecified atom stereocenters. The highest BCUT2D eigenvalue weighted by atomic mass is 35.5. The minimum atomic E-state index is -0.742. The van der Waals surface area contributed by atoms with Crippen molar-refractivity contribution in [3.63, 3.8) is 0 Å². The van der Waals surface area contributed by atoms with Gasteiger partial charge in [0.1, 0.15) is 6.04 Å². The van der Waals surface area contributed by atoms with E-state index in [1.165, 1.54) is 11.7 Å². The molecule has 0 spiro atoms. The van der Waals surface area contributed by atoms with Crippen LogP contribution in [0.5, 0.6) is 0 Å². The van der Waals surface area contributed by atoms with Crippen molar-refractivity contribution >= 4 is 35.1 Å². The molecule has 110 valence electrons. The van der Waals surface area contributed by atoms with Gasteiger partial charge in [0.2, 0.25) is 5.91 Å². The van der Waals surface area contributed by atoms with Gasteiger partial charge in [-0.1, -0.05) is 0 Å². The number of aromatic nitrogens is 1. The normalized spacial score (nSPS) is 11.9. The fourth-order valence-electron chi connectivity index (χ4n) is 1.69. The van der Waals surface area contributed by atoms with Crippen molar-refractivity contribution in [3.05, 3.63) is 28.7 Å². The maximum absolute atomic E-state index is 11.7. The number of rotatable bonds is 4. The molecular formula is C12H16ClN3O4. The number of carbonyl (C=O) groups excluding carboxylic acids is 1. The van der Waals surface area contributed by atoms with Crippen LogP contribution in [0.4, 0.5) is 5.69 Å². The Morgan fingerprint density at radius 3 is 2.90 bits per heavy atom. The van der Waals surface area contributed by atoms with Crippen LogP contribution in [0.15, 0.2) is 27.4 Å². The van der Waals surface area contributed by atoms with Gasteiger partial charge in [-0.25, -0.2) is 4.79 Å². The van der Waals surface area contributed by atoms with Crippen molar-refractivity contribution in [2.75, 3.05) is 19.0 Å². The molecule has 0 radical (unpaired) electrons. The number of aryl methyl sites for hydroxylation is 1. The number of anilines is 1. The molecule has 2 aromatic rings. The summed E-state index contributed by atoms with van der Waals surface area (Å²) in [5.74, 6) is -0.802. The van der Waals surface area contributed by atoms with Gasteiger partial charge in [-0.05, 0) is 18.2 Å². The number of halogens is 1. The largest absolute Gasteiger partial charge is 0.419 e. The molecule has 0 aliphatic rings. The van der Waals surface area contributed by atoms with Gasteiger partial charge in [0.25, 0.3) is 0 Å². The number of fused-ring (bicyclic) bond motifs is 1. The van der Waals surface area contributed by atoms with Gasteiger partial charge in [0.15, 0.2) is 5.58 Å². The molecular weight excluding hydrogens is 286 g/mol. The molecule has 20 heavy (non-hydrogen) atoms. The van der Waals surface area contributed by atoms with Gasteiger partial charge < -0.3 is 20.2 Å². The van der Waals surface area contributed by atoms with Crippen molar-refractivity contribution in [1.82, 2.24) is 4.57 Å². The fraction of sp³-hybridized carbons (Fsp3) is 0.333. The average Bonchev–Trinajstić information content (AvgIpc) is 2.66. The molecule has 1 atom stereocenters. The predicted molar refractivity (Wildman–Crippen MR) is 77.2 cm³/mol. The van der Waals surface area contributed by atoms with Crippen LogP contribution in [0, 0.1) is 0 Å². The van der Waals surface area contributed by atoms with Gasteiger partial charge in [0.05, 0.1) is 12.1 Å². The molecule has 0 aliphatic heterocycles. The molecule has 3 N–H and O–H groups in total. The monoisotopic (exact) mass is 301 g/mol. The number of nitrogens with zero attached hydrogens (tertiary/aromatic N) is 1. The highest BCUT2D eigenvalue weighted by Crippen LogP contribution is 2.17. The zero-order valence-electron chi connectivity index (χ0n) is 11.1. The van der Waals surface area contributed by atoms with Gasteiger partial charge in [-0.15, -0.1) is 12.4 Å². The molecule has 1 amide bonds. The van der Waals surface area contributed by atoms with E-state index in [4.69, 9.17) is 14.9 Å². The van der Waals surface area contributed by atoms with Crippen molar-refractivity contribution in [2.45, 2.75) is 6.04 Å². The Kier molecular flexibility index (Phi) is 5.32. The lowest BCUT2D eigenvalue weighted by molar-refractivity contribution is -0.118. The number of amides is 1. The van der Waals surface area contributed by atoms with E-state index in [-0.39, 0.29) is 24.9 Å². The summed E-state index contributed by atoms with van der Waals surface area (Å²) >= 11 is 0. The van der Waals surface area contributed by atoms with Gasteiger partial charge >= 0.3 is 5.76 Å². The molecule has 1 aromatic carbocycles. The molecule has 1 heterocycles. The minimum Gasteiger partial charge on any atom is -0.408 e. The second-order valence-electron chi connectivity index (χ2n) is 4.16. The van der Waals surface area contributed by atoms with E-state index in [9.17, 15) is 9.59 Å². The number of nitrogens with two attached hydrogens (primary N) is 1. The van der Waals surface area contributed by atoms with Crippen molar-refractivity contribution in [2.24, 2.45) is 12.8 Å². The quantitative estimate of drug-likeness (QED) is 0.855. The van der Waals surface area contributed by atoms with E-state index in [2.05, 4.69) is 5.32 Å². The molecule has 7 nitrogen and oxygen atoms in total. The Bertz CT molecular complexity index is 664. The minimum absolute atomic E-state index is 0. The van der Waals surface area contributed by atoms with Crippen LogP contribution in [0.1, 0.15) is 0 Å². The second kappa shape index (κ2) is 6.56. The molecule has 1 aromatic heterocycles. The zero-order chi connectivity index (χ0) is 14.0. The van der Waals surface area contributed by atoms with Gasteiger partial charge in [-0.3, -0.25) is 9.36 Å². The first-order valence-corrected chi connectivity index (χ1v) is 5.68. The van der Waals surface area contributed by atoms with E-state index >= 15 is 0 Å². The number of oxazole rings is 1. The van der Waals surface area contributed by atoms with Crippen molar-refractivity contribution in [3.8, 4) is 0 Å². The average molecular weight is 302 g/mol. The van der Waals surface area contributed by atoms with Crippen LogP contribution >= 0.6 is 12.4 Å². The summed E-state index contributed by atoms with van der Waals surface area (Å²) in [6.45, 7) is 0.137. The third-order valence-corrected chi connectivity index (χ3v) is 2.74. The Morgan fingerprint density at radius 2 is 2.25 bits per heavy atom. The van der Waals surface area contributed by atoms with E-state index < -0.39 is 11.8 Å². The van der Waals surface area contributed by atoms with E-state index in [0.29, 0.717) is 16.8 Å². The molecule has 8 heteroatoms. The molecule has 0 aliphatic carbocycles. The number of carbonyl (C=O) groups is 1. The van der Waals surface area contributed by atoms with Gasteiger partial charge in [-0.2, -0.15) is 0 Å². The summed E-state index contributed by atoms with van der Waals surface area (Å²) in [6, 6.07) is 4.17. The lowest BCUT2D eigenvalue weighted by atomic mass is 10.2. The number of hydrogen-bond acceptors (Lipinski definition) is 5. The van der Waals surface area contributed by atoms with Gasteiger partial charge in [0, 0.05) is 19.8 Å². The Morgan fingerprint density at radius 1 is 1.55 bits per heavy atom. The fourth-order valence-corrected chi connectivity index (χ4v) is 1.69. The standard InChI is InChI=1S/C12H15N3O4.ClH/c1-15-9-5-7(3-4-10(9)19-12(15)17)14-11(16)8(13)6-18-2;/h3-5,8H,6,13H2,1-2H3,(H,14,16);1H. The van der Waals surface area contributed by atoms with Crippen LogP contribution in [0.2, 0.25) is 0 Å². The maximum atomic E-state index is 11.7. The van der Waals surface area contributed by atoms with E-state index in [1.54, 1.807) is 25.2 Å². The Balaban J connectivity index is 0.00000200. The Hall–Kier alpha value is -1.83. The summed E-state index contributed by atoms with van der Waals surface area (Å²) in [4.78, 5) is 23.1. The first-order valence-electron chi connectivity index (χ1n) is 5.68. The molecule has 2 rings (SSSR count). The number of nitrogens with one attached hydrogen (secondary N) is 1. The molecule has 0 saturated heterocycles. The lowest BCUT2D eigenvalue weighted by Crippen LogP contribution is -2.39. The highest BCUT2D eigenvalue weighted by molar-refractivity contribution is 5.96. The molecule has 0 saturated carbocycles. The van der Waals surface area contributed by atoms with Crippen molar-refractivity contribution in [1.29, 1.82) is 0 Å². The number of hydrogen-bond donors (Lipinski definition) is 2. The highest BCUT2D eigenvalue weighted by Gasteiger charge is 2.14.